The Labute approximate surface area is 141 Å². The van der Waals surface area contributed by atoms with Gasteiger partial charge < -0.3 is 19.9 Å². The van der Waals surface area contributed by atoms with Gasteiger partial charge in [-0.1, -0.05) is 6.07 Å². The van der Waals surface area contributed by atoms with Gasteiger partial charge in [0.05, 0.1) is 11.5 Å². The highest BCUT2D eigenvalue weighted by molar-refractivity contribution is 5.84. The highest BCUT2D eigenvalue weighted by atomic mass is 16.6. The summed E-state index contributed by atoms with van der Waals surface area (Å²) >= 11 is 0. The Morgan fingerprint density at radius 3 is 3.33 bits per heavy atom. The summed E-state index contributed by atoms with van der Waals surface area (Å²) in [5, 5.41) is 0.420. The Kier molecular flexibility index (Phi) is 1.55. The maximum atomic E-state index is 11.6. The van der Waals surface area contributed by atoms with Crippen LogP contribution in [0.2, 0.25) is 2.82 Å². The van der Waals surface area contributed by atoms with E-state index in [-0.39, 0.29) is 29.0 Å². The Morgan fingerprint density at radius 1 is 1.67 bits per heavy atom. The van der Waals surface area contributed by atoms with Gasteiger partial charge in [0.25, 0.3) is 0 Å². The van der Waals surface area contributed by atoms with Gasteiger partial charge in [0, 0.05) is 31.8 Å². The highest BCUT2D eigenvalue weighted by Gasteiger charge is 2.22. The third-order valence-electron chi connectivity index (χ3n) is 3.14. The second-order valence-electron chi connectivity index (χ2n) is 4.66. The molecule has 0 bridgehead atoms. The molecule has 1 aliphatic rings. The molecule has 1 saturated heterocycles. The highest BCUT2D eigenvalue weighted by Crippen LogP contribution is 2.21. The van der Waals surface area contributed by atoms with E-state index in [1.165, 1.54) is 18.2 Å². The van der Waals surface area contributed by atoms with Gasteiger partial charge in [-0.05, 0) is 50.1 Å². The van der Waals surface area contributed by atoms with Gasteiger partial charge in [0.15, 0.2) is 2.82 Å². The van der Waals surface area contributed by atoms with E-state index in [1.54, 1.807) is 0 Å². The van der Waals surface area contributed by atoms with Crippen LogP contribution < -0.4 is 5.31 Å². The van der Waals surface area contributed by atoms with Crippen LogP contribution in [-0.2, 0) is 17.6 Å². The molecule has 1 atom stereocenters. The Hall–Kier alpha value is -2.01. The van der Waals surface area contributed by atoms with Crippen LogP contribution in [0.3, 0.4) is 0 Å². The fourth-order valence-corrected chi connectivity index (χ4v) is 2.16. The van der Waals surface area contributed by atoms with Crippen LogP contribution in [0, 0.1) is 0 Å². The molecule has 5 nitrogen and oxygen atoms in total. The number of nitrogens with one attached hydrogen (secondary N) is 2. The number of cyclic esters (lactones) is 1. The average Bonchev–Trinajstić information content (AvgIpc) is 2.96. The molecule has 5 heteroatoms. The first-order valence-corrected chi connectivity index (χ1v) is 6.32. The number of hydrogen-bond acceptors (Lipinski definition) is 3. The van der Waals surface area contributed by atoms with Crippen LogP contribution in [0.4, 0.5) is 4.79 Å². The van der Waals surface area contributed by atoms with E-state index in [9.17, 15) is 4.79 Å². The normalized spacial score (nSPS) is 34.1. The smallest absolute Gasteiger partial charge is 0.407 e. The molecular formula is C16H21N3O2. The monoisotopic (exact) mass is 299 g/mol. The molecular weight excluding hydrogens is 266 g/mol. The molecule has 0 saturated carbocycles. The van der Waals surface area contributed by atoms with Crippen LogP contribution in [-0.4, -0.2) is 49.0 Å². The van der Waals surface area contributed by atoms with Crippen molar-refractivity contribution in [3.05, 3.63) is 35.5 Å². The van der Waals surface area contributed by atoms with Gasteiger partial charge in [-0.2, -0.15) is 0 Å². The lowest BCUT2D eigenvalue weighted by atomic mass is 10.0. The molecule has 1 aliphatic heterocycles. The number of hydrogen-bond donors (Lipinski definition) is 2. The van der Waals surface area contributed by atoms with E-state index in [4.69, 9.17) is 16.5 Å². The van der Waals surface area contributed by atoms with Gasteiger partial charge >= 0.3 is 6.09 Å². The molecule has 21 heavy (non-hydrogen) atoms. The number of alkyl carbamates (subject to hydrolysis) is 1. The lowest BCUT2D eigenvalue weighted by molar-refractivity contribution is 0.177. The zero-order valence-corrected chi connectivity index (χ0v) is 11.0. The molecule has 2 aromatic rings. The van der Waals surface area contributed by atoms with Gasteiger partial charge in [-0.25, -0.2) is 4.79 Å². The largest absolute Gasteiger partial charge is 0.447 e. The number of nitrogens with zero attached hydrogens (tertiary/aromatic N) is 1. The number of likely N-dealkylation sites (N-methyl/N-ethyl adjacent to an activating group) is 1. The molecule has 3 rings (SSSR count). The maximum absolute atomic E-state index is 11.6. The average molecular weight is 299 g/mol. The molecule has 2 heterocycles. The fourth-order valence-electron chi connectivity index (χ4n) is 2.16. The molecule has 0 aliphatic carbocycles. The second-order valence-corrected chi connectivity index (χ2v) is 4.66. The predicted molar refractivity (Wildman–Crippen MR) is 82.5 cm³/mol. The first-order valence-electron chi connectivity index (χ1n) is 12.2. The van der Waals surface area contributed by atoms with Gasteiger partial charge in [0.2, 0.25) is 0 Å². The van der Waals surface area contributed by atoms with Crippen LogP contribution >= 0.6 is 0 Å². The Morgan fingerprint density at radius 2 is 2.57 bits per heavy atom. The van der Waals surface area contributed by atoms with Crippen molar-refractivity contribution in [3.8, 4) is 0 Å². The summed E-state index contributed by atoms with van der Waals surface area (Å²) in [6.07, 6.45) is -2.22. The number of carbonyl (C=O) groups is 1. The van der Waals surface area contributed by atoms with E-state index >= 15 is 0 Å². The van der Waals surface area contributed by atoms with E-state index in [1.807, 2.05) is 0 Å². The van der Waals surface area contributed by atoms with Crippen molar-refractivity contribution < 1.29 is 26.1 Å². The van der Waals surface area contributed by atoms with Crippen molar-refractivity contribution in [2.45, 2.75) is 18.9 Å². The zero-order valence-electron chi connectivity index (χ0n) is 23.0. The SMILES string of the molecule is [2H]c1c(CCN(C([2H])([2H])[2H])C([2H])([2H])[2H])c2cc(C[C@]3([2H])N([2H])C(=O)OC3([2H])[2H])ccc2n1[2H]. The van der Waals surface area contributed by atoms with Gasteiger partial charge in [-0.15, -0.1) is 0 Å². The molecule has 1 aromatic carbocycles. The zero-order chi connectivity index (χ0) is 25.1. The first-order chi connectivity index (χ1) is 14.9. The molecule has 2 N–H and O–H groups in total. The van der Waals surface area contributed by atoms with E-state index in [0.717, 1.165) is 4.98 Å². The number of fused-ring (bicyclic) bond motifs is 1. The number of amides is 1. The summed E-state index contributed by atoms with van der Waals surface area (Å²) in [5.41, 5.74) is 0.757. The number of aromatic amines is 1. The Bertz CT molecular complexity index is 1070. The van der Waals surface area contributed by atoms with Crippen LogP contribution in [0.1, 0.15) is 24.8 Å². The topological polar surface area (TPSA) is 57.4 Å². The number of H-pyrrole nitrogens is 1. The third kappa shape index (κ3) is 3.19. The summed E-state index contributed by atoms with van der Waals surface area (Å²) in [4.78, 5) is 12.8. The van der Waals surface area contributed by atoms with Crippen molar-refractivity contribution in [2.24, 2.45) is 0 Å². The quantitative estimate of drug-likeness (QED) is 0.887. The Balaban J connectivity index is 1.99. The summed E-state index contributed by atoms with van der Waals surface area (Å²) in [7, 11) is 0. The molecule has 1 fully saturated rings. The summed E-state index contributed by atoms with van der Waals surface area (Å²) in [5.74, 6) is 0. The van der Waals surface area contributed by atoms with E-state index in [2.05, 4.69) is 4.74 Å². The van der Waals surface area contributed by atoms with Crippen LogP contribution in [0.25, 0.3) is 10.9 Å². The minimum absolute atomic E-state index is 0.105. The first kappa shape index (κ1) is 5.65. The molecule has 1 amide bonds. The number of carbonyl (C=O) groups excluding carboxylic acids is 1. The summed E-state index contributed by atoms with van der Waals surface area (Å²) in [6.45, 7) is -9.04. The molecule has 112 valence electrons. The predicted octanol–water partition coefficient (Wildman–Crippen LogP) is 1.92. The maximum Gasteiger partial charge on any atom is 0.407 e. The molecule has 0 spiro atoms. The van der Waals surface area contributed by atoms with Crippen molar-refractivity contribution >= 4 is 17.0 Å². The molecule has 0 unspecified atom stereocenters. The minimum atomic E-state index is -2.91. The van der Waals surface area contributed by atoms with E-state index in [0.29, 0.717) is 15.8 Å². The van der Waals surface area contributed by atoms with Gasteiger partial charge in [0.1, 0.15) is 6.56 Å². The number of rotatable bonds is 5. The van der Waals surface area contributed by atoms with Crippen LogP contribution in [0.5, 0.6) is 0 Å². The number of benzene rings is 1. The van der Waals surface area contributed by atoms with Crippen molar-refractivity contribution in [1.82, 2.24) is 15.2 Å². The summed E-state index contributed by atoms with van der Waals surface area (Å²) < 4.78 is 97.4. The standard InChI is InChI=1S/C16H21N3O2/c1-19(2)6-5-12-9-17-15-4-3-11(8-14(12)15)7-13-10-21-16(20)18-13/h3-4,8-9,13,17H,5-7,10H2,1-2H3,(H,18,20)/t13-/m0/s1/i1D3,2D3,9D,10D2,13D/hD2. The molecule has 1 aromatic heterocycles. The number of ether oxygens (including phenoxy) is 1. The van der Waals surface area contributed by atoms with Gasteiger partial charge in [-0.3, -0.25) is 0 Å². The lowest BCUT2D eigenvalue weighted by Crippen LogP contribution is -2.28. The third-order valence-corrected chi connectivity index (χ3v) is 3.14. The number of aromatic nitrogens is 1. The summed E-state index contributed by atoms with van der Waals surface area (Å²) in [6, 6.07) is 1.95. The van der Waals surface area contributed by atoms with Crippen molar-refractivity contribution in [1.29, 1.82) is 0 Å². The van der Waals surface area contributed by atoms with Crippen molar-refractivity contribution in [3.63, 3.8) is 0 Å². The van der Waals surface area contributed by atoms with Crippen molar-refractivity contribution in [2.75, 3.05) is 27.1 Å². The molecule has 0 radical (unpaired) electrons. The van der Waals surface area contributed by atoms with E-state index < -0.39 is 45.6 Å². The minimum Gasteiger partial charge on any atom is -0.447 e. The van der Waals surface area contributed by atoms with Crippen LogP contribution in [0.15, 0.2) is 24.4 Å². The fraction of sp³-hybridized carbons (Fsp3) is 0.438. The second kappa shape index (κ2) is 5.77. The lowest BCUT2D eigenvalue weighted by Gasteiger charge is -2.09.